The molecular formula is C35H36O6S. The van der Waals surface area contributed by atoms with Gasteiger partial charge < -0.3 is 23.7 Å². The number of carbonyl (C=O) groups excluding carboxylic acids is 1. The molecule has 0 spiro atoms. The highest BCUT2D eigenvalue weighted by Crippen LogP contribution is 2.38. The lowest BCUT2D eigenvalue weighted by molar-refractivity contribution is -0.249. The molecule has 1 heterocycles. The van der Waals surface area contributed by atoms with Crippen LogP contribution in [0.15, 0.2) is 126 Å². The van der Waals surface area contributed by atoms with Gasteiger partial charge in [-0.25, -0.2) is 0 Å². The van der Waals surface area contributed by atoms with Crippen LogP contribution in [0.2, 0.25) is 0 Å². The molecule has 7 heteroatoms. The number of carbonyl (C=O) groups is 1. The molecule has 0 radical (unpaired) electrons. The maximum atomic E-state index is 12.4. The van der Waals surface area contributed by atoms with E-state index in [-0.39, 0.29) is 6.61 Å². The van der Waals surface area contributed by atoms with Crippen LogP contribution in [0.4, 0.5) is 0 Å². The third kappa shape index (κ3) is 8.77. The number of ether oxygens (including phenoxy) is 5. The molecule has 1 aliphatic heterocycles. The fourth-order valence-corrected chi connectivity index (χ4v) is 5.97. The van der Waals surface area contributed by atoms with Crippen molar-refractivity contribution in [3.8, 4) is 0 Å². The first-order valence-electron chi connectivity index (χ1n) is 14.1. The first-order chi connectivity index (χ1) is 20.7. The molecule has 4 aromatic rings. The highest BCUT2D eigenvalue weighted by molar-refractivity contribution is 7.99. The lowest BCUT2D eigenvalue weighted by Crippen LogP contribution is -2.60. The summed E-state index contributed by atoms with van der Waals surface area (Å²) in [6.07, 6.45) is -2.38. The molecule has 0 aliphatic carbocycles. The van der Waals surface area contributed by atoms with Crippen molar-refractivity contribution >= 4 is 17.7 Å². The molecule has 42 heavy (non-hydrogen) atoms. The number of hydrogen-bond donors (Lipinski definition) is 0. The summed E-state index contributed by atoms with van der Waals surface area (Å²) in [6, 6.07) is 39.9. The van der Waals surface area contributed by atoms with E-state index in [4.69, 9.17) is 23.7 Å². The van der Waals surface area contributed by atoms with Gasteiger partial charge in [-0.2, -0.15) is 0 Å². The minimum atomic E-state index is -0.720. The Balaban J connectivity index is 1.44. The Kier molecular flexibility index (Phi) is 11.2. The van der Waals surface area contributed by atoms with Gasteiger partial charge in [0.05, 0.1) is 26.4 Å². The minimum absolute atomic E-state index is 0.276. The summed E-state index contributed by atoms with van der Waals surface area (Å²) in [4.78, 5) is 13.4. The molecule has 1 aliphatic rings. The van der Waals surface area contributed by atoms with Gasteiger partial charge in [0, 0.05) is 11.8 Å². The molecule has 0 saturated carbocycles. The molecule has 5 atom stereocenters. The lowest BCUT2D eigenvalue weighted by atomic mass is 9.99. The first kappa shape index (κ1) is 30.0. The quantitative estimate of drug-likeness (QED) is 0.160. The van der Waals surface area contributed by atoms with E-state index in [2.05, 4.69) is 0 Å². The van der Waals surface area contributed by atoms with E-state index in [0.29, 0.717) is 19.8 Å². The van der Waals surface area contributed by atoms with E-state index in [1.165, 1.54) is 18.7 Å². The summed E-state index contributed by atoms with van der Waals surface area (Å²) in [5.74, 6) is -0.406. The van der Waals surface area contributed by atoms with Crippen LogP contribution in [-0.2, 0) is 48.3 Å². The van der Waals surface area contributed by atoms with Gasteiger partial charge in [-0.3, -0.25) is 4.79 Å². The minimum Gasteiger partial charge on any atom is -0.456 e. The second kappa shape index (κ2) is 15.7. The SMILES string of the molecule is CC(=O)O[C@@H]1[C@@H](OCc2ccccc2)[C@@H](OCc2ccccc2)[C@@H](COCc2ccccc2)O[C@H]1Sc1ccccc1. The summed E-state index contributed by atoms with van der Waals surface area (Å²) < 4.78 is 32.0. The average Bonchev–Trinajstić information content (AvgIpc) is 3.02. The molecule has 1 fully saturated rings. The Morgan fingerprint density at radius 1 is 0.643 bits per heavy atom. The van der Waals surface area contributed by atoms with E-state index < -0.39 is 35.8 Å². The molecule has 0 bridgehead atoms. The summed E-state index contributed by atoms with van der Waals surface area (Å²) in [7, 11) is 0. The second-order valence-corrected chi connectivity index (χ2v) is 11.2. The molecular weight excluding hydrogens is 548 g/mol. The monoisotopic (exact) mass is 584 g/mol. The van der Waals surface area contributed by atoms with Gasteiger partial charge in [0.2, 0.25) is 0 Å². The molecule has 0 aromatic heterocycles. The Hall–Kier alpha value is -3.46. The van der Waals surface area contributed by atoms with Crippen molar-refractivity contribution in [3.63, 3.8) is 0 Å². The summed E-state index contributed by atoms with van der Waals surface area (Å²) in [6.45, 7) is 2.80. The van der Waals surface area contributed by atoms with E-state index in [1.807, 2.05) is 121 Å². The predicted octanol–water partition coefficient (Wildman–Crippen LogP) is 6.82. The molecule has 0 unspecified atom stereocenters. The normalized spacial score (nSPS) is 22.0. The summed E-state index contributed by atoms with van der Waals surface area (Å²) in [5.41, 5.74) is 2.56. The van der Waals surface area contributed by atoms with Crippen LogP contribution in [0, 0.1) is 0 Å². The van der Waals surface area contributed by atoms with Gasteiger partial charge >= 0.3 is 5.97 Å². The fraction of sp³-hybridized carbons (Fsp3) is 0.286. The van der Waals surface area contributed by atoms with Crippen molar-refractivity contribution in [3.05, 3.63) is 138 Å². The largest absolute Gasteiger partial charge is 0.456 e. The van der Waals surface area contributed by atoms with Gasteiger partial charge in [0.15, 0.2) is 6.10 Å². The molecule has 1 saturated heterocycles. The molecule has 0 N–H and O–H groups in total. The Morgan fingerprint density at radius 3 is 1.64 bits per heavy atom. The van der Waals surface area contributed by atoms with Crippen LogP contribution in [0.25, 0.3) is 0 Å². The van der Waals surface area contributed by atoms with Crippen LogP contribution in [0.5, 0.6) is 0 Å². The Labute approximate surface area is 251 Å². The summed E-state index contributed by atoms with van der Waals surface area (Å²) >= 11 is 1.50. The van der Waals surface area contributed by atoms with Gasteiger partial charge in [-0.1, -0.05) is 121 Å². The van der Waals surface area contributed by atoms with Crippen LogP contribution in [-0.4, -0.2) is 42.4 Å². The standard InChI is InChI=1S/C35H36O6S/c1-26(36)40-34-33(39-24-29-18-10-4-11-19-29)32(38-23-28-16-8-3-9-17-28)31(25-37-22-27-14-6-2-7-15-27)41-35(34)42-30-20-12-5-13-21-30/h2-21,31-35H,22-25H2,1H3/t31-,32+,33+,34-,35+/m1/s1. The number of thioether (sulfide) groups is 1. The second-order valence-electron chi connectivity index (χ2n) is 10.1. The van der Waals surface area contributed by atoms with Crippen molar-refractivity contribution in [2.24, 2.45) is 0 Å². The predicted molar refractivity (Wildman–Crippen MR) is 163 cm³/mol. The van der Waals surface area contributed by atoms with Crippen LogP contribution in [0.3, 0.4) is 0 Å². The maximum absolute atomic E-state index is 12.4. The van der Waals surface area contributed by atoms with Gasteiger partial charge in [0.1, 0.15) is 23.7 Å². The van der Waals surface area contributed by atoms with Crippen molar-refractivity contribution in [2.75, 3.05) is 6.61 Å². The van der Waals surface area contributed by atoms with Crippen LogP contribution >= 0.6 is 11.8 Å². The number of hydrogen-bond acceptors (Lipinski definition) is 7. The highest BCUT2D eigenvalue weighted by Gasteiger charge is 2.50. The van der Waals surface area contributed by atoms with Crippen molar-refractivity contribution < 1.29 is 28.5 Å². The zero-order valence-corrected chi connectivity index (χ0v) is 24.4. The number of esters is 1. The van der Waals surface area contributed by atoms with Crippen molar-refractivity contribution in [1.29, 1.82) is 0 Å². The van der Waals surface area contributed by atoms with Crippen LogP contribution in [0.1, 0.15) is 23.6 Å². The maximum Gasteiger partial charge on any atom is 0.303 e. The lowest BCUT2D eigenvalue weighted by Gasteiger charge is -2.45. The fourth-order valence-electron chi connectivity index (χ4n) is 4.85. The Morgan fingerprint density at radius 2 is 1.12 bits per heavy atom. The molecule has 0 amide bonds. The molecule has 5 rings (SSSR count). The topological polar surface area (TPSA) is 63.2 Å². The average molecular weight is 585 g/mol. The van der Waals surface area contributed by atoms with Crippen LogP contribution < -0.4 is 0 Å². The number of benzene rings is 4. The zero-order chi connectivity index (χ0) is 29.0. The van der Waals surface area contributed by atoms with Crippen molar-refractivity contribution in [2.45, 2.75) is 61.5 Å². The zero-order valence-electron chi connectivity index (χ0n) is 23.6. The third-order valence-corrected chi connectivity index (χ3v) is 8.01. The highest BCUT2D eigenvalue weighted by atomic mass is 32.2. The van der Waals surface area contributed by atoms with Gasteiger partial charge in [0.25, 0.3) is 0 Å². The van der Waals surface area contributed by atoms with E-state index in [1.54, 1.807) is 0 Å². The van der Waals surface area contributed by atoms with Crippen molar-refractivity contribution in [1.82, 2.24) is 0 Å². The smallest absolute Gasteiger partial charge is 0.303 e. The molecule has 6 nitrogen and oxygen atoms in total. The van der Waals surface area contributed by atoms with E-state index in [0.717, 1.165) is 21.6 Å². The number of rotatable bonds is 13. The summed E-state index contributed by atoms with van der Waals surface area (Å²) in [5, 5.41) is 0. The molecule has 218 valence electrons. The van der Waals surface area contributed by atoms with E-state index in [9.17, 15) is 4.79 Å². The van der Waals surface area contributed by atoms with Gasteiger partial charge in [-0.15, -0.1) is 0 Å². The third-order valence-electron chi connectivity index (χ3n) is 6.85. The van der Waals surface area contributed by atoms with E-state index >= 15 is 0 Å². The first-order valence-corrected chi connectivity index (χ1v) is 15.0. The molecule has 4 aromatic carbocycles. The Bertz CT molecular complexity index is 1340. The van der Waals surface area contributed by atoms with Gasteiger partial charge in [-0.05, 0) is 28.8 Å².